The van der Waals surface area contributed by atoms with Crippen molar-refractivity contribution in [2.75, 3.05) is 36.4 Å². The smallest absolute Gasteiger partial charge is 0.321 e. The van der Waals surface area contributed by atoms with Crippen LogP contribution >= 0.6 is 22.6 Å². The number of amides is 2. The number of phenolic OH excluding ortho intramolecular Hbond substituents is 1. The highest BCUT2D eigenvalue weighted by atomic mass is 127. The lowest BCUT2D eigenvalue weighted by molar-refractivity contribution is 0.208. The number of carbonyl (C=O) groups is 1. The first-order valence-electron chi connectivity index (χ1n) is 7.89. The van der Waals surface area contributed by atoms with Gasteiger partial charge in [0.2, 0.25) is 0 Å². The van der Waals surface area contributed by atoms with Gasteiger partial charge in [0, 0.05) is 47.2 Å². The number of aromatic hydroxyl groups is 1. The molecule has 3 rings (SSSR count). The van der Waals surface area contributed by atoms with Crippen LogP contribution in [-0.2, 0) is 0 Å². The van der Waals surface area contributed by atoms with Gasteiger partial charge in [0.1, 0.15) is 5.75 Å². The van der Waals surface area contributed by atoms with Crippen LogP contribution in [0.15, 0.2) is 42.5 Å². The van der Waals surface area contributed by atoms with Gasteiger partial charge in [-0.1, -0.05) is 6.07 Å². The van der Waals surface area contributed by atoms with Gasteiger partial charge in [-0.25, -0.2) is 4.79 Å². The minimum Gasteiger partial charge on any atom is -0.508 e. The molecule has 0 radical (unpaired) electrons. The molecule has 1 saturated heterocycles. The topological polar surface area (TPSA) is 55.8 Å². The molecule has 0 aromatic heterocycles. The fourth-order valence-electron chi connectivity index (χ4n) is 2.82. The van der Waals surface area contributed by atoms with Gasteiger partial charge in [0.25, 0.3) is 0 Å². The summed E-state index contributed by atoms with van der Waals surface area (Å²) in [6.45, 7) is 4.82. The molecule has 24 heavy (non-hydrogen) atoms. The molecule has 1 aliphatic heterocycles. The van der Waals surface area contributed by atoms with Crippen molar-refractivity contribution in [3.05, 3.63) is 51.6 Å². The van der Waals surface area contributed by atoms with Crippen LogP contribution in [0.1, 0.15) is 5.56 Å². The Morgan fingerprint density at radius 2 is 1.88 bits per heavy atom. The molecule has 5 nitrogen and oxygen atoms in total. The number of hydrogen-bond donors (Lipinski definition) is 2. The molecule has 2 amide bonds. The number of nitrogens with zero attached hydrogens (tertiary/aromatic N) is 2. The van der Waals surface area contributed by atoms with Gasteiger partial charge in [-0.2, -0.15) is 0 Å². The minimum atomic E-state index is -0.0603. The maximum atomic E-state index is 12.5. The SMILES string of the molecule is Cc1cc(I)ccc1NC(=O)N1CCN(c2cccc(O)c2)CC1. The lowest BCUT2D eigenvalue weighted by Crippen LogP contribution is -2.50. The van der Waals surface area contributed by atoms with Crippen LogP contribution in [0.3, 0.4) is 0 Å². The molecule has 6 heteroatoms. The first kappa shape index (κ1) is 16.9. The minimum absolute atomic E-state index is 0.0603. The van der Waals surface area contributed by atoms with E-state index in [1.165, 1.54) is 0 Å². The average Bonchev–Trinajstić information content (AvgIpc) is 2.57. The van der Waals surface area contributed by atoms with Crippen LogP contribution < -0.4 is 10.2 Å². The molecular weight excluding hydrogens is 417 g/mol. The van der Waals surface area contributed by atoms with Crippen LogP contribution in [0.25, 0.3) is 0 Å². The third-order valence-corrected chi connectivity index (χ3v) is 4.86. The van der Waals surface area contributed by atoms with Crippen LogP contribution in [0.4, 0.5) is 16.2 Å². The number of anilines is 2. The summed E-state index contributed by atoms with van der Waals surface area (Å²) in [4.78, 5) is 16.5. The number of hydrogen-bond acceptors (Lipinski definition) is 3. The summed E-state index contributed by atoms with van der Waals surface area (Å²) >= 11 is 2.26. The second-order valence-corrected chi connectivity index (χ2v) is 7.13. The predicted molar refractivity (Wildman–Crippen MR) is 105 cm³/mol. The van der Waals surface area contributed by atoms with Gasteiger partial charge in [-0.05, 0) is 65.4 Å². The summed E-state index contributed by atoms with van der Waals surface area (Å²) in [5.74, 6) is 0.266. The third kappa shape index (κ3) is 3.92. The van der Waals surface area contributed by atoms with Crippen molar-refractivity contribution >= 4 is 40.0 Å². The Labute approximate surface area is 155 Å². The van der Waals surface area contributed by atoms with E-state index in [0.29, 0.717) is 13.1 Å². The number of phenols is 1. The summed E-state index contributed by atoms with van der Waals surface area (Å²) in [7, 11) is 0. The van der Waals surface area contributed by atoms with Crippen molar-refractivity contribution in [3.63, 3.8) is 0 Å². The van der Waals surface area contributed by atoms with Gasteiger partial charge in [-0.15, -0.1) is 0 Å². The Hall–Kier alpha value is -1.96. The maximum absolute atomic E-state index is 12.5. The summed E-state index contributed by atoms with van der Waals surface area (Å²) in [6, 6.07) is 13.2. The molecule has 0 saturated carbocycles. The summed E-state index contributed by atoms with van der Waals surface area (Å²) in [6.07, 6.45) is 0. The third-order valence-electron chi connectivity index (χ3n) is 4.19. The number of urea groups is 1. The zero-order chi connectivity index (χ0) is 17.1. The van der Waals surface area contributed by atoms with Crippen molar-refractivity contribution in [1.82, 2.24) is 4.90 Å². The molecule has 0 atom stereocenters. The van der Waals surface area contributed by atoms with Crippen LogP contribution in [0.5, 0.6) is 5.75 Å². The second kappa shape index (κ2) is 7.29. The quantitative estimate of drug-likeness (QED) is 0.706. The molecular formula is C18H20IN3O2. The van der Waals surface area contributed by atoms with Crippen LogP contribution in [0.2, 0.25) is 0 Å². The van der Waals surface area contributed by atoms with E-state index in [2.05, 4.69) is 38.9 Å². The monoisotopic (exact) mass is 437 g/mol. The molecule has 0 bridgehead atoms. The first-order chi connectivity index (χ1) is 11.5. The van der Waals surface area contributed by atoms with E-state index in [4.69, 9.17) is 0 Å². The summed E-state index contributed by atoms with van der Waals surface area (Å²) in [5.41, 5.74) is 2.91. The predicted octanol–water partition coefficient (Wildman–Crippen LogP) is 3.66. The largest absolute Gasteiger partial charge is 0.508 e. The van der Waals surface area contributed by atoms with E-state index in [0.717, 1.165) is 33.6 Å². The molecule has 126 valence electrons. The molecule has 2 aromatic carbocycles. The zero-order valence-electron chi connectivity index (χ0n) is 13.5. The second-order valence-electron chi connectivity index (χ2n) is 5.88. The van der Waals surface area contributed by atoms with Gasteiger partial charge in [0.05, 0.1) is 0 Å². The van der Waals surface area contributed by atoms with Crippen molar-refractivity contribution in [3.8, 4) is 5.75 Å². The van der Waals surface area contributed by atoms with E-state index in [1.807, 2.05) is 36.1 Å². The standard InChI is InChI=1S/C18H20IN3O2/c1-13-11-14(19)5-6-17(13)20-18(24)22-9-7-21(8-10-22)15-3-2-4-16(23)12-15/h2-6,11-12,23H,7-10H2,1H3,(H,20,24). The Bertz CT molecular complexity index is 743. The number of rotatable bonds is 2. The van der Waals surface area contributed by atoms with Crippen molar-refractivity contribution in [1.29, 1.82) is 0 Å². The number of halogens is 1. The molecule has 0 unspecified atom stereocenters. The highest BCUT2D eigenvalue weighted by Gasteiger charge is 2.21. The molecule has 0 aliphatic carbocycles. The molecule has 2 N–H and O–H groups in total. The Morgan fingerprint density at radius 1 is 1.12 bits per heavy atom. The van der Waals surface area contributed by atoms with Crippen LogP contribution in [-0.4, -0.2) is 42.2 Å². The van der Waals surface area contributed by atoms with Crippen molar-refractivity contribution in [2.45, 2.75) is 6.92 Å². The van der Waals surface area contributed by atoms with E-state index in [-0.39, 0.29) is 11.8 Å². The van der Waals surface area contributed by atoms with Gasteiger partial charge in [0.15, 0.2) is 0 Å². The van der Waals surface area contributed by atoms with Crippen molar-refractivity contribution < 1.29 is 9.90 Å². The summed E-state index contributed by atoms with van der Waals surface area (Å²) in [5, 5.41) is 12.6. The Kier molecular flexibility index (Phi) is 5.13. The summed E-state index contributed by atoms with van der Waals surface area (Å²) < 4.78 is 1.16. The maximum Gasteiger partial charge on any atom is 0.321 e. The van der Waals surface area contributed by atoms with Crippen molar-refractivity contribution in [2.24, 2.45) is 0 Å². The molecule has 1 aliphatic rings. The van der Waals surface area contributed by atoms with E-state index >= 15 is 0 Å². The Morgan fingerprint density at radius 3 is 2.54 bits per heavy atom. The van der Waals surface area contributed by atoms with Gasteiger partial charge >= 0.3 is 6.03 Å². The molecule has 1 heterocycles. The lowest BCUT2D eigenvalue weighted by atomic mass is 10.2. The van der Waals surface area contributed by atoms with E-state index < -0.39 is 0 Å². The fraction of sp³-hybridized carbons (Fsp3) is 0.278. The lowest BCUT2D eigenvalue weighted by Gasteiger charge is -2.36. The highest BCUT2D eigenvalue weighted by Crippen LogP contribution is 2.22. The highest BCUT2D eigenvalue weighted by molar-refractivity contribution is 14.1. The first-order valence-corrected chi connectivity index (χ1v) is 8.97. The van der Waals surface area contributed by atoms with Gasteiger partial charge < -0.3 is 20.2 Å². The molecule has 0 spiro atoms. The van der Waals surface area contributed by atoms with E-state index in [9.17, 15) is 9.90 Å². The Balaban J connectivity index is 1.59. The number of carbonyl (C=O) groups excluding carboxylic acids is 1. The average molecular weight is 437 g/mol. The van der Waals surface area contributed by atoms with Crippen LogP contribution in [0, 0.1) is 10.5 Å². The number of aryl methyl sites for hydroxylation is 1. The molecule has 2 aromatic rings. The number of piperazine rings is 1. The fourth-order valence-corrected chi connectivity index (χ4v) is 3.47. The molecule has 1 fully saturated rings. The number of nitrogens with one attached hydrogen (secondary N) is 1. The number of benzene rings is 2. The van der Waals surface area contributed by atoms with Gasteiger partial charge in [-0.3, -0.25) is 0 Å². The normalized spacial score (nSPS) is 14.6. The zero-order valence-corrected chi connectivity index (χ0v) is 15.7. The van der Waals surface area contributed by atoms with E-state index in [1.54, 1.807) is 12.1 Å².